The molecule has 2 aromatic rings. The molecular weight excluding hydrogens is 293 g/mol. The van der Waals surface area contributed by atoms with Gasteiger partial charge in [-0.1, -0.05) is 19.3 Å². The molecule has 0 spiro atoms. The predicted molar refractivity (Wildman–Crippen MR) is 87.9 cm³/mol. The highest BCUT2D eigenvalue weighted by Crippen LogP contribution is 2.35. The maximum atomic E-state index is 13.4. The number of carbonyl (C=O) groups is 1. The second kappa shape index (κ2) is 7.07. The number of fused-ring (bicyclic) bond motifs is 1. The third-order valence-corrected chi connectivity index (χ3v) is 4.71. The topological polar surface area (TPSA) is 50.2 Å². The van der Waals surface area contributed by atoms with Gasteiger partial charge in [0, 0.05) is 11.6 Å². The van der Waals surface area contributed by atoms with Gasteiger partial charge < -0.3 is 5.11 Å². The normalized spacial score (nSPS) is 18.3. The minimum absolute atomic E-state index is 0.0185. The average molecular weight is 315 g/mol. The first-order chi connectivity index (χ1) is 11.1. The molecule has 0 saturated heterocycles. The number of aliphatic carboxylic acids is 1. The van der Waals surface area contributed by atoms with Crippen LogP contribution in [0, 0.1) is 11.7 Å². The first-order valence-electron chi connectivity index (χ1n) is 8.42. The first kappa shape index (κ1) is 15.9. The van der Waals surface area contributed by atoms with E-state index in [1.807, 2.05) is 6.20 Å². The lowest BCUT2D eigenvalue weighted by Gasteiger charge is -2.23. The summed E-state index contributed by atoms with van der Waals surface area (Å²) in [5.74, 6) is -0.182. The van der Waals surface area contributed by atoms with Crippen molar-refractivity contribution < 1.29 is 14.3 Å². The molecule has 23 heavy (non-hydrogen) atoms. The Kier molecular flexibility index (Phi) is 4.89. The van der Waals surface area contributed by atoms with Crippen LogP contribution in [0.5, 0.6) is 0 Å². The van der Waals surface area contributed by atoms with Gasteiger partial charge >= 0.3 is 5.97 Å². The fourth-order valence-electron chi connectivity index (χ4n) is 3.24. The van der Waals surface area contributed by atoms with E-state index in [9.17, 15) is 9.18 Å². The number of aromatic nitrogens is 1. The Balaban J connectivity index is 0.000000220. The van der Waals surface area contributed by atoms with Gasteiger partial charge in [0.25, 0.3) is 0 Å². The highest BCUT2D eigenvalue weighted by atomic mass is 19.1. The molecule has 0 aliphatic heterocycles. The van der Waals surface area contributed by atoms with Gasteiger partial charge in [-0.3, -0.25) is 9.78 Å². The summed E-state index contributed by atoms with van der Waals surface area (Å²) in [4.78, 5) is 14.1. The first-order valence-corrected chi connectivity index (χ1v) is 8.42. The van der Waals surface area contributed by atoms with Crippen molar-refractivity contribution in [3.05, 3.63) is 41.8 Å². The van der Waals surface area contributed by atoms with E-state index >= 15 is 0 Å². The second-order valence-electron chi connectivity index (χ2n) is 6.51. The lowest BCUT2D eigenvalue weighted by molar-refractivity contribution is -0.138. The molecule has 3 nitrogen and oxygen atoms in total. The van der Waals surface area contributed by atoms with E-state index < -0.39 is 5.97 Å². The second-order valence-corrected chi connectivity index (χ2v) is 6.51. The van der Waals surface area contributed by atoms with Crippen LogP contribution in [0.1, 0.15) is 56.4 Å². The molecule has 2 saturated carbocycles. The van der Waals surface area contributed by atoms with Crippen molar-refractivity contribution in [3.63, 3.8) is 0 Å². The summed E-state index contributed by atoms with van der Waals surface area (Å²) in [7, 11) is 0. The predicted octanol–water partition coefficient (Wildman–Crippen LogP) is 4.90. The van der Waals surface area contributed by atoms with Gasteiger partial charge in [0.15, 0.2) is 0 Å². The Labute approximate surface area is 135 Å². The summed E-state index contributed by atoms with van der Waals surface area (Å²) >= 11 is 0. The average Bonchev–Trinajstić information content (AvgIpc) is 3.41. The summed E-state index contributed by atoms with van der Waals surface area (Å²) in [5, 5.41) is 9.05. The van der Waals surface area contributed by atoms with E-state index in [1.54, 1.807) is 12.1 Å². The number of nitrogens with zero attached hydrogens (tertiary/aromatic N) is 1. The zero-order valence-electron chi connectivity index (χ0n) is 13.2. The molecule has 4 heteroatoms. The number of benzene rings is 1. The minimum atomic E-state index is -0.630. The summed E-state index contributed by atoms with van der Waals surface area (Å²) in [6.45, 7) is 0. The van der Waals surface area contributed by atoms with Crippen LogP contribution in [0.25, 0.3) is 10.9 Å². The van der Waals surface area contributed by atoms with E-state index in [-0.39, 0.29) is 11.7 Å². The van der Waals surface area contributed by atoms with Crippen molar-refractivity contribution >= 4 is 16.9 Å². The van der Waals surface area contributed by atoms with Gasteiger partial charge in [-0.2, -0.15) is 0 Å². The van der Waals surface area contributed by atoms with Crippen molar-refractivity contribution in [3.8, 4) is 0 Å². The third-order valence-electron chi connectivity index (χ3n) is 4.71. The SMILES string of the molecule is Fc1ccc2nccc(C3CCCCC3)c2c1.O=C(O)C1CC1. The fourth-order valence-corrected chi connectivity index (χ4v) is 3.24. The van der Waals surface area contributed by atoms with Gasteiger partial charge in [0.1, 0.15) is 5.82 Å². The molecule has 2 fully saturated rings. The smallest absolute Gasteiger partial charge is 0.306 e. The number of hydrogen-bond donors (Lipinski definition) is 1. The van der Waals surface area contributed by atoms with Crippen molar-refractivity contribution in [1.29, 1.82) is 0 Å². The molecule has 0 bridgehead atoms. The number of carboxylic acid groups (broad SMARTS) is 1. The molecule has 1 heterocycles. The van der Waals surface area contributed by atoms with Crippen LogP contribution in [0.15, 0.2) is 30.5 Å². The molecule has 1 aromatic heterocycles. The van der Waals surface area contributed by atoms with Gasteiger partial charge in [0.2, 0.25) is 0 Å². The summed E-state index contributed by atoms with van der Waals surface area (Å²) in [6.07, 6.45) is 10.0. The standard InChI is InChI=1S/C15H16FN.C4H6O2/c16-12-6-7-15-14(10-12)13(8-9-17-15)11-4-2-1-3-5-11;5-4(6)3-1-2-3/h6-11H,1-5H2;3H,1-2H2,(H,5,6). The number of halogens is 1. The van der Waals surface area contributed by atoms with E-state index in [1.165, 1.54) is 43.7 Å². The van der Waals surface area contributed by atoms with Crippen LogP contribution in [-0.2, 0) is 4.79 Å². The van der Waals surface area contributed by atoms with E-state index in [0.717, 1.165) is 23.7 Å². The van der Waals surface area contributed by atoms with Crippen molar-refractivity contribution in [1.82, 2.24) is 4.98 Å². The van der Waals surface area contributed by atoms with Gasteiger partial charge in [0.05, 0.1) is 11.4 Å². The van der Waals surface area contributed by atoms with Crippen LogP contribution in [0.4, 0.5) is 4.39 Å². The lowest BCUT2D eigenvalue weighted by atomic mass is 9.83. The van der Waals surface area contributed by atoms with Crippen LogP contribution < -0.4 is 0 Å². The molecule has 1 aromatic carbocycles. The minimum Gasteiger partial charge on any atom is -0.481 e. The number of pyridine rings is 1. The Hall–Kier alpha value is -1.97. The number of carboxylic acids is 1. The lowest BCUT2D eigenvalue weighted by Crippen LogP contribution is -2.05. The van der Waals surface area contributed by atoms with E-state index in [2.05, 4.69) is 11.1 Å². The van der Waals surface area contributed by atoms with Crippen molar-refractivity contribution in [2.75, 3.05) is 0 Å². The zero-order chi connectivity index (χ0) is 16.2. The Morgan fingerprint density at radius 1 is 1.09 bits per heavy atom. The maximum Gasteiger partial charge on any atom is 0.306 e. The highest BCUT2D eigenvalue weighted by molar-refractivity contribution is 5.82. The summed E-state index contributed by atoms with van der Waals surface area (Å²) in [6, 6.07) is 6.96. The molecule has 0 unspecified atom stereocenters. The fraction of sp³-hybridized carbons (Fsp3) is 0.474. The zero-order valence-corrected chi connectivity index (χ0v) is 13.2. The van der Waals surface area contributed by atoms with Gasteiger partial charge in [-0.05, 0) is 61.4 Å². The molecule has 1 N–H and O–H groups in total. The van der Waals surface area contributed by atoms with Gasteiger partial charge in [-0.25, -0.2) is 4.39 Å². The van der Waals surface area contributed by atoms with Crippen molar-refractivity contribution in [2.45, 2.75) is 50.9 Å². The molecule has 2 aliphatic rings. The Morgan fingerprint density at radius 2 is 1.83 bits per heavy atom. The molecular formula is C19H22FNO2. The summed E-state index contributed by atoms with van der Waals surface area (Å²) in [5.41, 5.74) is 2.20. The molecule has 4 rings (SSSR count). The molecule has 2 aliphatic carbocycles. The maximum absolute atomic E-state index is 13.4. The molecule has 0 radical (unpaired) electrons. The van der Waals surface area contributed by atoms with Crippen molar-refractivity contribution in [2.24, 2.45) is 5.92 Å². The monoisotopic (exact) mass is 315 g/mol. The van der Waals surface area contributed by atoms with Crippen LogP contribution in [-0.4, -0.2) is 16.1 Å². The Morgan fingerprint density at radius 3 is 2.43 bits per heavy atom. The highest BCUT2D eigenvalue weighted by Gasteiger charge is 2.28. The van der Waals surface area contributed by atoms with Crippen LogP contribution >= 0.6 is 0 Å². The van der Waals surface area contributed by atoms with Crippen LogP contribution in [0.3, 0.4) is 0 Å². The van der Waals surface area contributed by atoms with Crippen LogP contribution in [0.2, 0.25) is 0 Å². The van der Waals surface area contributed by atoms with Gasteiger partial charge in [-0.15, -0.1) is 0 Å². The number of hydrogen-bond acceptors (Lipinski definition) is 2. The largest absolute Gasteiger partial charge is 0.481 e. The molecule has 0 amide bonds. The van der Waals surface area contributed by atoms with E-state index in [4.69, 9.17) is 5.11 Å². The number of rotatable bonds is 2. The third kappa shape index (κ3) is 4.06. The van der Waals surface area contributed by atoms with E-state index in [0.29, 0.717) is 5.92 Å². The Bertz CT molecular complexity index is 691. The molecule has 0 atom stereocenters. The summed E-state index contributed by atoms with van der Waals surface area (Å²) < 4.78 is 13.4. The quantitative estimate of drug-likeness (QED) is 0.857. The molecule has 122 valence electrons.